The van der Waals surface area contributed by atoms with Gasteiger partial charge in [-0.25, -0.2) is 0 Å². The van der Waals surface area contributed by atoms with E-state index in [1.54, 1.807) is 17.1 Å². The summed E-state index contributed by atoms with van der Waals surface area (Å²) in [6.07, 6.45) is -0.255. The number of halogens is 3. The molecule has 0 aliphatic carbocycles. The van der Waals surface area contributed by atoms with Crippen molar-refractivity contribution < 1.29 is 27.3 Å². The Kier molecular flexibility index (Phi) is 6.26. The number of carbonyl (C=O) groups is 1. The molecule has 1 amide bonds. The fraction of sp³-hybridized carbons (Fsp3) is 0.542. The highest BCUT2D eigenvalue weighted by Gasteiger charge is 2.52. The molecular formula is C24H28BF3N4O3. The van der Waals surface area contributed by atoms with Crippen molar-refractivity contribution in [2.75, 3.05) is 13.1 Å². The number of hydrogen-bond donors (Lipinski definition) is 0. The van der Waals surface area contributed by atoms with Gasteiger partial charge in [-0.2, -0.15) is 23.5 Å². The quantitative estimate of drug-likeness (QED) is 0.613. The lowest BCUT2D eigenvalue weighted by molar-refractivity contribution is -0.138. The number of alkyl halides is 3. The molecule has 1 aromatic heterocycles. The maximum Gasteiger partial charge on any atom is 0.498 e. The van der Waals surface area contributed by atoms with Crippen LogP contribution >= 0.6 is 0 Å². The van der Waals surface area contributed by atoms with Crippen molar-refractivity contribution in [3.8, 4) is 6.07 Å². The number of hydrogen-bond acceptors (Lipinski definition) is 5. The van der Waals surface area contributed by atoms with Gasteiger partial charge in [0.15, 0.2) is 0 Å². The van der Waals surface area contributed by atoms with Crippen LogP contribution in [-0.4, -0.2) is 52.0 Å². The maximum absolute atomic E-state index is 13.4. The van der Waals surface area contributed by atoms with Crippen LogP contribution in [0.25, 0.3) is 0 Å². The summed E-state index contributed by atoms with van der Waals surface area (Å²) in [5.41, 5.74) is -2.30. The summed E-state index contributed by atoms with van der Waals surface area (Å²) in [5, 5.41) is 14.0. The molecule has 186 valence electrons. The van der Waals surface area contributed by atoms with Crippen molar-refractivity contribution in [2.24, 2.45) is 0 Å². The third-order valence-corrected chi connectivity index (χ3v) is 7.47. The first kappa shape index (κ1) is 25.3. The van der Waals surface area contributed by atoms with Crippen molar-refractivity contribution >= 4 is 18.5 Å². The zero-order valence-corrected chi connectivity index (χ0v) is 20.2. The van der Waals surface area contributed by atoms with E-state index in [9.17, 15) is 23.2 Å². The second kappa shape index (κ2) is 8.68. The van der Waals surface area contributed by atoms with E-state index < -0.39 is 41.5 Å². The van der Waals surface area contributed by atoms with Gasteiger partial charge >= 0.3 is 13.3 Å². The summed E-state index contributed by atoms with van der Waals surface area (Å²) < 4.78 is 54.1. The van der Waals surface area contributed by atoms with E-state index in [1.165, 1.54) is 23.1 Å². The van der Waals surface area contributed by atoms with Crippen LogP contribution in [0.5, 0.6) is 0 Å². The van der Waals surface area contributed by atoms with E-state index in [-0.39, 0.29) is 25.1 Å². The SMILES string of the molecule is CC1(C)OB(c2cnn(C3(CC#N)CCN(C(=O)c4ccccc4C(F)(F)F)CC3)c2)OC1(C)C. The number of carbonyl (C=O) groups excluding carboxylic acids is 1. The van der Waals surface area contributed by atoms with Gasteiger partial charge in [-0.05, 0) is 52.7 Å². The van der Waals surface area contributed by atoms with E-state index in [2.05, 4.69) is 11.2 Å². The van der Waals surface area contributed by atoms with E-state index in [1.807, 2.05) is 27.7 Å². The molecule has 4 rings (SSSR count). The Labute approximate surface area is 202 Å². The Morgan fingerprint density at radius 2 is 1.74 bits per heavy atom. The summed E-state index contributed by atoms with van der Waals surface area (Å²) in [6, 6.07) is 7.02. The van der Waals surface area contributed by atoms with E-state index in [4.69, 9.17) is 9.31 Å². The third kappa shape index (κ3) is 4.57. The van der Waals surface area contributed by atoms with Gasteiger partial charge in [0.2, 0.25) is 0 Å². The number of aromatic nitrogens is 2. The molecule has 0 saturated carbocycles. The minimum Gasteiger partial charge on any atom is -0.399 e. The summed E-state index contributed by atoms with van der Waals surface area (Å²) in [6.45, 7) is 8.24. The number of piperidine rings is 1. The highest BCUT2D eigenvalue weighted by atomic mass is 19.4. The van der Waals surface area contributed by atoms with Crippen LogP contribution in [0, 0.1) is 11.3 Å². The molecule has 0 unspecified atom stereocenters. The van der Waals surface area contributed by atoms with E-state index in [0.29, 0.717) is 12.8 Å². The molecule has 0 bridgehead atoms. The Balaban J connectivity index is 1.52. The summed E-state index contributed by atoms with van der Waals surface area (Å²) >= 11 is 0. The average Bonchev–Trinajstić information content (AvgIpc) is 3.36. The Morgan fingerprint density at radius 3 is 2.31 bits per heavy atom. The van der Waals surface area contributed by atoms with Crippen molar-refractivity contribution in [3.05, 3.63) is 47.8 Å². The van der Waals surface area contributed by atoms with Crippen molar-refractivity contribution in [1.82, 2.24) is 14.7 Å². The third-order valence-electron chi connectivity index (χ3n) is 7.47. The largest absolute Gasteiger partial charge is 0.498 e. The van der Waals surface area contributed by atoms with E-state index in [0.717, 1.165) is 11.5 Å². The summed E-state index contributed by atoms with van der Waals surface area (Å²) in [4.78, 5) is 14.4. The lowest BCUT2D eigenvalue weighted by Crippen LogP contribution is -2.48. The second-order valence-corrected chi connectivity index (χ2v) is 10.2. The highest BCUT2D eigenvalue weighted by Crippen LogP contribution is 2.38. The predicted octanol–water partition coefficient (Wildman–Crippen LogP) is 3.75. The molecule has 7 nitrogen and oxygen atoms in total. The average molecular weight is 488 g/mol. The van der Waals surface area contributed by atoms with Gasteiger partial charge in [-0.1, -0.05) is 12.1 Å². The van der Waals surface area contributed by atoms with Crippen LogP contribution in [0.3, 0.4) is 0 Å². The minimum atomic E-state index is -4.62. The fourth-order valence-electron chi connectivity index (χ4n) is 4.54. The molecule has 0 atom stereocenters. The molecule has 0 radical (unpaired) electrons. The second-order valence-electron chi connectivity index (χ2n) is 10.2. The van der Waals surface area contributed by atoms with Gasteiger partial charge in [0, 0.05) is 30.9 Å². The van der Waals surface area contributed by atoms with E-state index >= 15 is 0 Å². The normalized spacial score (nSPS) is 21.1. The molecule has 2 aromatic rings. The maximum atomic E-state index is 13.4. The van der Waals surface area contributed by atoms with Gasteiger partial charge in [-0.3, -0.25) is 9.48 Å². The monoisotopic (exact) mass is 488 g/mol. The minimum absolute atomic E-state index is 0.151. The molecule has 0 N–H and O–H groups in total. The standard InChI is InChI=1S/C24H28BF3N4O3/c1-21(2)22(3,4)35-25(34-21)17-15-30-32(16-17)23(9-12-29)10-13-31(14-11-23)20(33)18-7-5-6-8-19(18)24(26,27)28/h5-8,15-16H,9-11,13-14H2,1-4H3. The molecule has 2 aliphatic rings. The first-order valence-electron chi connectivity index (χ1n) is 11.5. The molecule has 1 aromatic carbocycles. The van der Waals surface area contributed by atoms with Crippen molar-refractivity contribution in [3.63, 3.8) is 0 Å². The van der Waals surface area contributed by atoms with Gasteiger partial charge in [0.05, 0.1) is 40.4 Å². The number of likely N-dealkylation sites (tertiary alicyclic amines) is 1. The van der Waals surface area contributed by atoms with Gasteiger partial charge in [0.25, 0.3) is 5.91 Å². The Hall–Kier alpha value is -2.84. The molecule has 11 heteroatoms. The lowest BCUT2D eigenvalue weighted by atomic mass is 9.81. The Bertz CT molecular complexity index is 1130. The first-order chi connectivity index (χ1) is 16.3. The molecule has 35 heavy (non-hydrogen) atoms. The molecule has 2 fully saturated rings. The van der Waals surface area contributed by atoms with Crippen LogP contribution < -0.4 is 5.46 Å². The zero-order valence-electron chi connectivity index (χ0n) is 20.2. The number of rotatable bonds is 4. The zero-order chi connectivity index (χ0) is 25.6. The van der Waals surface area contributed by atoms with Crippen LogP contribution in [-0.2, 0) is 21.0 Å². The van der Waals surface area contributed by atoms with Gasteiger partial charge in [-0.15, -0.1) is 0 Å². The van der Waals surface area contributed by atoms with Crippen molar-refractivity contribution in [2.45, 2.75) is 69.9 Å². The molecule has 3 heterocycles. The number of nitrogens with zero attached hydrogens (tertiary/aromatic N) is 4. The first-order valence-corrected chi connectivity index (χ1v) is 11.5. The van der Waals surface area contributed by atoms with Crippen LogP contribution in [0.1, 0.15) is 62.9 Å². The smallest absolute Gasteiger partial charge is 0.399 e. The predicted molar refractivity (Wildman–Crippen MR) is 123 cm³/mol. The fourth-order valence-corrected chi connectivity index (χ4v) is 4.54. The number of benzene rings is 1. The summed E-state index contributed by atoms with van der Waals surface area (Å²) in [7, 11) is -0.603. The van der Waals surface area contributed by atoms with Gasteiger partial charge < -0.3 is 14.2 Å². The Morgan fingerprint density at radius 1 is 1.14 bits per heavy atom. The number of nitriles is 1. The van der Waals surface area contributed by atoms with Crippen LogP contribution in [0.2, 0.25) is 0 Å². The van der Waals surface area contributed by atoms with Crippen molar-refractivity contribution in [1.29, 1.82) is 5.26 Å². The lowest BCUT2D eigenvalue weighted by Gasteiger charge is -2.41. The molecule has 0 spiro atoms. The van der Waals surface area contributed by atoms with Crippen LogP contribution in [0.4, 0.5) is 13.2 Å². The highest BCUT2D eigenvalue weighted by molar-refractivity contribution is 6.62. The van der Waals surface area contributed by atoms with Crippen LogP contribution in [0.15, 0.2) is 36.7 Å². The van der Waals surface area contributed by atoms with Gasteiger partial charge in [0.1, 0.15) is 0 Å². The topological polar surface area (TPSA) is 80.4 Å². The molecular weight excluding hydrogens is 460 g/mol. The number of amides is 1. The summed E-state index contributed by atoms with van der Waals surface area (Å²) in [5.74, 6) is -0.665. The molecule has 2 aliphatic heterocycles. The molecule has 2 saturated heterocycles.